The van der Waals surface area contributed by atoms with Gasteiger partial charge < -0.3 is 10.0 Å². The van der Waals surface area contributed by atoms with Crippen LogP contribution in [0.15, 0.2) is 24.3 Å². The highest BCUT2D eigenvalue weighted by atomic mass is 16.4. The maximum atomic E-state index is 11.1. The van der Waals surface area contributed by atoms with Crippen molar-refractivity contribution in [3.63, 3.8) is 0 Å². The fourth-order valence-corrected chi connectivity index (χ4v) is 3.35. The molecule has 0 aromatic heterocycles. The predicted molar refractivity (Wildman–Crippen MR) is 112 cm³/mol. The molecule has 0 saturated carbocycles. The summed E-state index contributed by atoms with van der Waals surface area (Å²) in [6.45, 7) is 6.65. The second kappa shape index (κ2) is 14.6. The minimum absolute atomic E-state index is 0.367. The van der Waals surface area contributed by atoms with Crippen molar-refractivity contribution in [1.29, 1.82) is 0 Å². The molecule has 1 aromatic rings. The summed E-state index contributed by atoms with van der Waals surface area (Å²) in [5.74, 6) is -0.853. The maximum absolute atomic E-state index is 11.1. The van der Waals surface area contributed by atoms with E-state index in [1.54, 1.807) is 12.1 Å². The van der Waals surface area contributed by atoms with Crippen LogP contribution < -0.4 is 4.90 Å². The summed E-state index contributed by atoms with van der Waals surface area (Å²) in [7, 11) is 0. The van der Waals surface area contributed by atoms with Crippen molar-refractivity contribution in [3.05, 3.63) is 29.8 Å². The average molecular weight is 362 g/mol. The highest BCUT2D eigenvalue weighted by molar-refractivity contribution is 5.88. The molecule has 0 atom stereocenters. The van der Waals surface area contributed by atoms with Gasteiger partial charge in [-0.15, -0.1) is 0 Å². The summed E-state index contributed by atoms with van der Waals surface area (Å²) in [5, 5.41) is 9.08. The first kappa shape index (κ1) is 22.5. The molecule has 0 radical (unpaired) electrons. The molecule has 0 bridgehead atoms. The third-order valence-corrected chi connectivity index (χ3v) is 5.04. The Balaban J connectivity index is 2.41. The number of benzene rings is 1. The second-order valence-corrected chi connectivity index (χ2v) is 7.37. The molecule has 1 N–H and O–H groups in total. The Kier molecular flexibility index (Phi) is 12.7. The fraction of sp³-hybridized carbons (Fsp3) is 0.696. The molecule has 3 heteroatoms. The summed E-state index contributed by atoms with van der Waals surface area (Å²) >= 11 is 0. The maximum Gasteiger partial charge on any atom is 0.335 e. The van der Waals surface area contributed by atoms with Crippen LogP contribution in [0.5, 0.6) is 0 Å². The zero-order valence-electron chi connectivity index (χ0n) is 17.0. The van der Waals surface area contributed by atoms with Crippen LogP contribution in [0.4, 0.5) is 5.69 Å². The fourth-order valence-electron chi connectivity index (χ4n) is 3.35. The molecule has 0 amide bonds. The standard InChI is InChI=1S/C23H39NO2/c1-3-5-7-9-10-11-12-14-20-24(19-13-8-6-4-2)22-17-15-21(16-18-22)23(25)26/h15-18H,3-14,19-20H2,1-2H3,(H,25,26). The average Bonchev–Trinajstić information content (AvgIpc) is 2.65. The summed E-state index contributed by atoms with van der Waals surface area (Å²) in [5.41, 5.74) is 1.53. The Morgan fingerprint density at radius 2 is 1.15 bits per heavy atom. The summed E-state index contributed by atoms with van der Waals surface area (Å²) in [6.07, 6.45) is 15.7. The quantitative estimate of drug-likeness (QED) is 0.325. The Bertz CT molecular complexity index is 470. The number of hydrogen-bond donors (Lipinski definition) is 1. The first-order chi connectivity index (χ1) is 12.7. The number of aromatic carboxylic acids is 1. The molecule has 0 heterocycles. The molecule has 0 fully saturated rings. The zero-order valence-corrected chi connectivity index (χ0v) is 17.0. The van der Waals surface area contributed by atoms with Gasteiger partial charge in [0, 0.05) is 18.8 Å². The molecule has 3 nitrogen and oxygen atoms in total. The number of carbonyl (C=O) groups is 1. The Hall–Kier alpha value is -1.51. The van der Waals surface area contributed by atoms with Gasteiger partial charge in [-0.25, -0.2) is 4.79 Å². The van der Waals surface area contributed by atoms with Crippen molar-refractivity contribution >= 4 is 11.7 Å². The summed E-state index contributed by atoms with van der Waals surface area (Å²) in [4.78, 5) is 13.5. The molecule has 1 aromatic carbocycles. The highest BCUT2D eigenvalue weighted by Crippen LogP contribution is 2.18. The van der Waals surface area contributed by atoms with Gasteiger partial charge in [-0.05, 0) is 37.1 Å². The highest BCUT2D eigenvalue weighted by Gasteiger charge is 2.08. The molecule has 26 heavy (non-hydrogen) atoms. The largest absolute Gasteiger partial charge is 0.478 e. The lowest BCUT2D eigenvalue weighted by Gasteiger charge is -2.25. The van der Waals surface area contributed by atoms with Crippen molar-refractivity contribution in [2.24, 2.45) is 0 Å². The van der Waals surface area contributed by atoms with Gasteiger partial charge in [0.2, 0.25) is 0 Å². The summed E-state index contributed by atoms with van der Waals surface area (Å²) < 4.78 is 0. The molecule has 0 spiro atoms. The molecule has 0 unspecified atom stereocenters. The predicted octanol–water partition coefficient (Wildman–Crippen LogP) is 6.91. The normalized spacial score (nSPS) is 10.8. The third-order valence-electron chi connectivity index (χ3n) is 5.04. The molecule has 0 aliphatic heterocycles. The first-order valence-corrected chi connectivity index (χ1v) is 10.8. The van der Waals surface area contributed by atoms with Crippen molar-refractivity contribution in [2.75, 3.05) is 18.0 Å². The van der Waals surface area contributed by atoms with E-state index in [0.29, 0.717) is 5.56 Å². The third kappa shape index (κ3) is 9.84. The smallest absolute Gasteiger partial charge is 0.335 e. The molecule has 0 aliphatic carbocycles. The topological polar surface area (TPSA) is 40.5 Å². The van der Waals surface area contributed by atoms with E-state index in [1.165, 1.54) is 77.0 Å². The first-order valence-electron chi connectivity index (χ1n) is 10.8. The van der Waals surface area contributed by atoms with Crippen molar-refractivity contribution < 1.29 is 9.90 Å². The van der Waals surface area contributed by atoms with Gasteiger partial charge >= 0.3 is 5.97 Å². The molecular formula is C23H39NO2. The van der Waals surface area contributed by atoms with Gasteiger partial charge in [-0.2, -0.15) is 0 Å². The van der Waals surface area contributed by atoms with Crippen LogP contribution in [-0.4, -0.2) is 24.2 Å². The van der Waals surface area contributed by atoms with E-state index in [1.807, 2.05) is 12.1 Å². The van der Waals surface area contributed by atoms with Crippen LogP contribution in [-0.2, 0) is 0 Å². The van der Waals surface area contributed by atoms with Crippen LogP contribution in [0.1, 0.15) is 101 Å². The van der Waals surface area contributed by atoms with Gasteiger partial charge in [-0.3, -0.25) is 0 Å². The van der Waals surface area contributed by atoms with E-state index in [4.69, 9.17) is 5.11 Å². The number of anilines is 1. The number of unbranched alkanes of at least 4 members (excludes halogenated alkanes) is 10. The lowest BCUT2D eigenvalue weighted by atomic mass is 10.1. The van der Waals surface area contributed by atoms with Gasteiger partial charge in [-0.1, -0.05) is 78.1 Å². The van der Waals surface area contributed by atoms with E-state index in [-0.39, 0.29) is 0 Å². The molecule has 0 saturated heterocycles. The summed E-state index contributed by atoms with van der Waals surface area (Å²) in [6, 6.07) is 7.39. The number of hydrogen-bond acceptors (Lipinski definition) is 2. The van der Waals surface area contributed by atoms with E-state index in [9.17, 15) is 4.79 Å². The van der Waals surface area contributed by atoms with E-state index < -0.39 is 5.97 Å². The van der Waals surface area contributed by atoms with Crippen LogP contribution in [0, 0.1) is 0 Å². The van der Waals surface area contributed by atoms with Crippen LogP contribution in [0.3, 0.4) is 0 Å². The SMILES string of the molecule is CCCCCCCCCCN(CCCCCC)c1ccc(C(=O)O)cc1. The Morgan fingerprint density at radius 1 is 0.731 bits per heavy atom. The Labute approximate surface area is 160 Å². The molecule has 0 aliphatic rings. The van der Waals surface area contributed by atoms with Crippen molar-refractivity contribution in [3.8, 4) is 0 Å². The number of carboxylic acids is 1. The minimum Gasteiger partial charge on any atom is -0.478 e. The number of carboxylic acid groups (broad SMARTS) is 1. The molecule has 148 valence electrons. The van der Waals surface area contributed by atoms with Crippen LogP contribution >= 0.6 is 0 Å². The van der Waals surface area contributed by atoms with Crippen molar-refractivity contribution in [1.82, 2.24) is 0 Å². The Morgan fingerprint density at radius 3 is 1.62 bits per heavy atom. The lowest BCUT2D eigenvalue weighted by Crippen LogP contribution is -2.25. The van der Waals surface area contributed by atoms with Crippen molar-refractivity contribution in [2.45, 2.75) is 90.9 Å². The van der Waals surface area contributed by atoms with Gasteiger partial charge in [0.15, 0.2) is 0 Å². The molecular weight excluding hydrogens is 322 g/mol. The van der Waals surface area contributed by atoms with E-state index >= 15 is 0 Å². The van der Waals surface area contributed by atoms with E-state index in [2.05, 4.69) is 18.7 Å². The van der Waals surface area contributed by atoms with Gasteiger partial charge in [0.05, 0.1) is 5.56 Å². The lowest BCUT2D eigenvalue weighted by molar-refractivity contribution is 0.0697. The van der Waals surface area contributed by atoms with E-state index in [0.717, 1.165) is 18.8 Å². The van der Waals surface area contributed by atoms with Crippen LogP contribution in [0.2, 0.25) is 0 Å². The zero-order chi connectivity index (χ0) is 19.0. The molecule has 1 rings (SSSR count). The van der Waals surface area contributed by atoms with Gasteiger partial charge in [0.1, 0.15) is 0 Å². The van der Waals surface area contributed by atoms with Gasteiger partial charge in [0.25, 0.3) is 0 Å². The second-order valence-electron chi connectivity index (χ2n) is 7.37. The number of rotatable bonds is 16. The number of nitrogens with zero attached hydrogens (tertiary/aromatic N) is 1. The van der Waals surface area contributed by atoms with Crippen LogP contribution in [0.25, 0.3) is 0 Å². The monoisotopic (exact) mass is 361 g/mol. The minimum atomic E-state index is -0.853.